The summed E-state index contributed by atoms with van der Waals surface area (Å²) < 4.78 is 16.2. The molecule has 0 fully saturated rings. The lowest BCUT2D eigenvalue weighted by Crippen LogP contribution is -1.93. The average molecular weight is 1210 g/mol. The number of aromatic hydroxyl groups is 1. The van der Waals surface area contributed by atoms with Crippen molar-refractivity contribution in [3.63, 3.8) is 0 Å². The molecule has 15 heteroatoms. The van der Waals surface area contributed by atoms with Gasteiger partial charge in [0.1, 0.15) is 0 Å². The van der Waals surface area contributed by atoms with Crippen molar-refractivity contribution < 1.29 is 23.5 Å². The summed E-state index contributed by atoms with van der Waals surface area (Å²) in [5.74, 6) is 1.41. The Morgan fingerprint density at radius 1 is 0.467 bits per heavy atom. The third kappa shape index (κ3) is 12.4. The molecule has 75 heavy (non-hydrogen) atoms. The molecular weight excluding hydrogens is 1170 g/mol. The minimum Gasteiger partial charge on any atom is -0.504 e. The standard InChI is InChI=1S/C24H15N3O.C12H7IN2O.C12H9N.C6H5I.C5H6N2O.CO2/c1-3-8-20-18(6-1)19-7-2-4-9-21(19)27(20)17-13-11-16(12-14-17)24-26-23-22(28-24)10-5-15-25-23;13-9-5-3-8(4-6-9)12-15-11-10(16-12)2-1-7-14-11;1-3-7-11-9(5-1)10-6-2-4-8-12(10)13-11;7-6-4-2-1-3-5-6;6-5-4(8)2-1-3-7-5;2-1-3/h1-15H;1-7H;1-8,13H;1-5H;1-3,8H,(H2,6,7);. The Morgan fingerprint density at radius 2 is 0.880 bits per heavy atom. The van der Waals surface area contributed by atoms with Gasteiger partial charge in [-0.05, 0) is 167 Å². The Labute approximate surface area is 456 Å². The summed E-state index contributed by atoms with van der Waals surface area (Å²) in [7, 11) is 0. The predicted molar refractivity (Wildman–Crippen MR) is 312 cm³/mol. The Hall–Kier alpha value is -9.03. The van der Waals surface area contributed by atoms with Gasteiger partial charge in [0.15, 0.2) is 34.0 Å². The van der Waals surface area contributed by atoms with E-state index in [1.165, 1.54) is 63.0 Å². The van der Waals surface area contributed by atoms with Crippen LogP contribution in [0.3, 0.4) is 0 Å². The van der Waals surface area contributed by atoms with E-state index >= 15 is 0 Å². The third-order valence-corrected chi connectivity index (χ3v) is 12.8. The number of hydrogen-bond acceptors (Lipinski definition) is 11. The van der Waals surface area contributed by atoms with Crippen molar-refractivity contribution in [2.24, 2.45) is 0 Å². The fourth-order valence-corrected chi connectivity index (χ4v) is 8.73. The first kappa shape index (κ1) is 50.9. The van der Waals surface area contributed by atoms with Crippen LogP contribution in [0.4, 0.5) is 5.82 Å². The molecular formula is C60H42I2N8O5. The van der Waals surface area contributed by atoms with Gasteiger partial charge >= 0.3 is 6.15 Å². The first-order valence-electron chi connectivity index (χ1n) is 23.1. The molecule has 0 spiro atoms. The third-order valence-electron chi connectivity index (χ3n) is 11.3. The zero-order valence-electron chi connectivity index (χ0n) is 39.5. The van der Waals surface area contributed by atoms with Gasteiger partial charge in [-0.15, -0.1) is 0 Å². The number of para-hydroxylation sites is 4. The highest BCUT2D eigenvalue weighted by atomic mass is 127. The van der Waals surface area contributed by atoms with Crippen LogP contribution < -0.4 is 5.73 Å². The van der Waals surface area contributed by atoms with E-state index in [0.29, 0.717) is 28.7 Å². The molecule has 0 unspecified atom stereocenters. The molecule has 0 saturated heterocycles. The van der Waals surface area contributed by atoms with Crippen molar-refractivity contribution in [3.8, 4) is 34.3 Å². The van der Waals surface area contributed by atoms with Gasteiger partial charge in [0.05, 0.1) is 11.0 Å². The van der Waals surface area contributed by atoms with Crippen LogP contribution in [0, 0.1) is 7.14 Å². The monoisotopic (exact) mass is 1210 g/mol. The molecule has 7 heterocycles. The second-order valence-electron chi connectivity index (χ2n) is 16.1. The molecule has 366 valence electrons. The van der Waals surface area contributed by atoms with E-state index in [4.69, 9.17) is 29.3 Å². The van der Waals surface area contributed by atoms with Gasteiger partial charge in [-0.1, -0.05) is 91.0 Å². The Morgan fingerprint density at radius 3 is 1.32 bits per heavy atom. The number of H-pyrrole nitrogens is 1. The van der Waals surface area contributed by atoms with Crippen molar-refractivity contribution in [3.05, 3.63) is 238 Å². The lowest BCUT2D eigenvalue weighted by molar-refractivity contribution is -0.191. The summed E-state index contributed by atoms with van der Waals surface area (Å²) in [5, 5.41) is 13.9. The molecule has 13 nitrogen and oxygen atoms in total. The Bertz CT molecular complexity index is 3980. The molecule has 0 amide bonds. The number of hydrogen-bond donors (Lipinski definition) is 3. The number of aromatic amines is 1. The van der Waals surface area contributed by atoms with E-state index in [2.05, 4.69) is 201 Å². The quantitative estimate of drug-likeness (QED) is 0.143. The average Bonchev–Trinajstić information content (AvgIpc) is 4.26. The normalized spacial score (nSPS) is 10.4. The summed E-state index contributed by atoms with van der Waals surface area (Å²) in [4.78, 5) is 40.4. The SMILES string of the molecule is Ic1ccc(-c2nc3ncccc3o2)cc1.Ic1ccccc1.Nc1ncccc1O.O=C=O.c1ccc2c(c1)[nH]c1ccccc12.c1cnc2nc(-c3ccc(-n4c5ccccc5c5ccccc54)cc3)oc2c1. The van der Waals surface area contributed by atoms with Gasteiger partial charge in [-0.2, -0.15) is 19.6 Å². The number of nitrogens with one attached hydrogen (secondary N) is 1. The second kappa shape index (κ2) is 24.6. The minimum absolute atomic E-state index is 0.0347. The van der Waals surface area contributed by atoms with Crippen molar-refractivity contribution in [2.45, 2.75) is 0 Å². The predicted octanol–water partition coefficient (Wildman–Crippen LogP) is 14.9. The van der Waals surface area contributed by atoms with Crippen molar-refractivity contribution >= 4 is 123 Å². The van der Waals surface area contributed by atoms with Crippen LogP contribution in [-0.4, -0.2) is 45.7 Å². The van der Waals surface area contributed by atoms with E-state index in [1.807, 2.05) is 78.9 Å². The minimum atomic E-state index is 0.0347. The zero-order valence-corrected chi connectivity index (χ0v) is 43.9. The number of fused-ring (bicyclic) bond motifs is 8. The van der Waals surface area contributed by atoms with Crippen LogP contribution in [0.1, 0.15) is 0 Å². The number of benzene rings is 7. The highest BCUT2D eigenvalue weighted by Gasteiger charge is 2.13. The number of pyridine rings is 3. The fraction of sp³-hybridized carbons (Fsp3) is 0. The molecule has 0 aliphatic rings. The number of carbonyl (C=O) groups excluding carboxylic acids is 2. The highest BCUT2D eigenvalue weighted by Crippen LogP contribution is 2.33. The van der Waals surface area contributed by atoms with Crippen LogP contribution in [0.15, 0.2) is 240 Å². The molecule has 14 aromatic rings. The highest BCUT2D eigenvalue weighted by molar-refractivity contribution is 14.1. The van der Waals surface area contributed by atoms with E-state index in [9.17, 15) is 0 Å². The molecule has 0 bridgehead atoms. The Kier molecular flexibility index (Phi) is 16.7. The van der Waals surface area contributed by atoms with Crippen LogP contribution in [0.25, 0.3) is 94.7 Å². The number of anilines is 1. The van der Waals surface area contributed by atoms with Gasteiger partial charge in [0, 0.05) is 75.1 Å². The van der Waals surface area contributed by atoms with E-state index in [1.54, 1.807) is 18.5 Å². The van der Waals surface area contributed by atoms with Gasteiger partial charge in [0.25, 0.3) is 0 Å². The van der Waals surface area contributed by atoms with E-state index in [0.717, 1.165) is 22.4 Å². The fourth-order valence-electron chi connectivity index (χ4n) is 7.95. The van der Waals surface area contributed by atoms with Gasteiger partial charge in [-0.3, -0.25) is 0 Å². The van der Waals surface area contributed by atoms with E-state index in [-0.39, 0.29) is 17.7 Å². The molecule has 4 N–H and O–H groups in total. The van der Waals surface area contributed by atoms with E-state index < -0.39 is 0 Å². The van der Waals surface area contributed by atoms with Crippen molar-refractivity contribution in [2.75, 3.05) is 5.73 Å². The van der Waals surface area contributed by atoms with Crippen LogP contribution in [0.5, 0.6) is 5.75 Å². The second-order valence-corrected chi connectivity index (χ2v) is 18.6. The number of oxazole rings is 2. The zero-order chi connectivity index (χ0) is 51.9. The molecule has 0 saturated carbocycles. The van der Waals surface area contributed by atoms with Crippen molar-refractivity contribution in [1.29, 1.82) is 0 Å². The van der Waals surface area contributed by atoms with Crippen molar-refractivity contribution in [1.82, 2.24) is 34.5 Å². The van der Waals surface area contributed by atoms with Crippen LogP contribution in [-0.2, 0) is 9.59 Å². The smallest absolute Gasteiger partial charge is 0.373 e. The Balaban J connectivity index is 0.000000124. The number of nitrogen functional groups attached to an aromatic ring is 1. The molecule has 0 atom stereocenters. The maximum atomic E-state index is 8.73. The summed E-state index contributed by atoms with van der Waals surface area (Å²) in [6, 6.07) is 70.9. The summed E-state index contributed by atoms with van der Waals surface area (Å²) in [6.07, 6.45) is 5.21. The lowest BCUT2D eigenvalue weighted by Gasteiger charge is -2.08. The molecule has 0 aliphatic heterocycles. The number of rotatable bonds is 3. The first-order valence-corrected chi connectivity index (χ1v) is 25.3. The first-order chi connectivity index (χ1) is 36.8. The van der Waals surface area contributed by atoms with Gasteiger partial charge in [-0.25, -0.2) is 15.0 Å². The maximum absolute atomic E-state index is 8.73. The summed E-state index contributed by atoms with van der Waals surface area (Å²) in [5.41, 5.74) is 15.7. The summed E-state index contributed by atoms with van der Waals surface area (Å²) >= 11 is 4.55. The number of nitrogens with two attached hydrogens (primary N) is 1. The van der Waals surface area contributed by atoms with Crippen LogP contribution in [0.2, 0.25) is 0 Å². The number of aromatic nitrogens is 7. The molecule has 0 radical (unpaired) electrons. The maximum Gasteiger partial charge on any atom is 0.373 e. The van der Waals surface area contributed by atoms with Gasteiger partial charge < -0.3 is 29.2 Å². The largest absolute Gasteiger partial charge is 0.504 e. The lowest BCUT2D eigenvalue weighted by atomic mass is 10.2. The number of nitrogens with zero attached hydrogens (tertiary/aromatic N) is 6. The van der Waals surface area contributed by atoms with Gasteiger partial charge in [0.2, 0.25) is 11.8 Å². The number of halogens is 2. The molecule has 14 rings (SSSR count). The topological polar surface area (TPSA) is 192 Å². The molecule has 7 aromatic carbocycles. The molecule has 7 aromatic heterocycles. The molecule has 0 aliphatic carbocycles. The summed E-state index contributed by atoms with van der Waals surface area (Å²) in [6.45, 7) is 0. The van der Waals surface area contributed by atoms with Crippen LogP contribution >= 0.6 is 45.2 Å².